The first-order valence-corrected chi connectivity index (χ1v) is 6.65. The number of oxime groups is 1. The van der Waals surface area contributed by atoms with Gasteiger partial charge >= 0.3 is 0 Å². The van der Waals surface area contributed by atoms with Crippen LogP contribution in [0.25, 0.3) is 0 Å². The topological polar surface area (TPSA) is 44.6 Å². The Morgan fingerprint density at radius 3 is 2.67 bits per heavy atom. The maximum absolute atomic E-state index is 9.33. The van der Waals surface area contributed by atoms with Crippen LogP contribution in [0.3, 0.4) is 0 Å². The molecule has 0 amide bonds. The van der Waals surface area contributed by atoms with Gasteiger partial charge in [0.2, 0.25) is 0 Å². The van der Waals surface area contributed by atoms with Crippen molar-refractivity contribution in [2.75, 3.05) is 7.05 Å². The van der Waals surface area contributed by atoms with Crippen molar-refractivity contribution in [3.05, 3.63) is 35.9 Å². The van der Waals surface area contributed by atoms with E-state index in [4.69, 9.17) is 12.2 Å². The summed E-state index contributed by atoms with van der Waals surface area (Å²) >= 11 is 5.51. The van der Waals surface area contributed by atoms with Crippen LogP contribution in [-0.4, -0.2) is 23.0 Å². The smallest absolute Gasteiger partial charge is 0.0916 e. The first-order chi connectivity index (χ1) is 8.75. The number of likely N-dealkylation sites (N-methyl/N-ethyl adjacent to an activating group) is 1. The van der Waals surface area contributed by atoms with Gasteiger partial charge < -0.3 is 10.5 Å². The molecule has 18 heavy (non-hydrogen) atoms. The van der Waals surface area contributed by atoms with Gasteiger partial charge in [-0.05, 0) is 24.8 Å². The molecule has 0 saturated heterocycles. The van der Waals surface area contributed by atoms with E-state index in [1.165, 1.54) is 0 Å². The van der Waals surface area contributed by atoms with Crippen LogP contribution in [0.1, 0.15) is 31.2 Å². The molecule has 2 N–H and O–H groups in total. The van der Waals surface area contributed by atoms with Crippen molar-refractivity contribution < 1.29 is 5.21 Å². The second-order valence-corrected chi connectivity index (χ2v) is 5.01. The molecule has 96 valence electrons. The largest absolute Gasteiger partial charge is 0.411 e. The molecule has 1 aliphatic carbocycles. The van der Waals surface area contributed by atoms with E-state index in [0.717, 1.165) is 41.9 Å². The van der Waals surface area contributed by atoms with Crippen molar-refractivity contribution in [1.29, 1.82) is 0 Å². The summed E-state index contributed by atoms with van der Waals surface area (Å²) in [6.45, 7) is 0. The second kappa shape index (κ2) is 5.48. The van der Waals surface area contributed by atoms with Crippen LogP contribution in [0.15, 0.2) is 35.5 Å². The molecule has 1 aliphatic rings. The van der Waals surface area contributed by atoms with Gasteiger partial charge in [0.15, 0.2) is 0 Å². The van der Waals surface area contributed by atoms with Gasteiger partial charge in [0, 0.05) is 7.05 Å². The third-order valence-corrected chi connectivity index (χ3v) is 4.26. The number of hydrogen-bond acceptors (Lipinski definition) is 3. The van der Waals surface area contributed by atoms with Gasteiger partial charge in [-0.1, -0.05) is 54.1 Å². The molecular weight excluding hydrogens is 244 g/mol. The van der Waals surface area contributed by atoms with Crippen molar-refractivity contribution >= 4 is 22.9 Å². The van der Waals surface area contributed by atoms with Crippen molar-refractivity contribution in [1.82, 2.24) is 5.32 Å². The van der Waals surface area contributed by atoms with Crippen LogP contribution in [0.5, 0.6) is 0 Å². The van der Waals surface area contributed by atoms with Gasteiger partial charge in [-0.2, -0.15) is 0 Å². The maximum Gasteiger partial charge on any atom is 0.0916 e. The number of rotatable bonds is 2. The highest BCUT2D eigenvalue weighted by molar-refractivity contribution is 7.80. The molecule has 0 heterocycles. The average Bonchev–Trinajstić information content (AvgIpc) is 2.47. The molecular formula is C14H18N2OS. The minimum absolute atomic E-state index is 0.432. The van der Waals surface area contributed by atoms with E-state index in [-0.39, 0.29) is 0 Å². The maximum atomic E-state index is 9.33. The molecule has 4 heteroatoms. The summed E-state index contributed by atoms with van der Waals surface area (Å²) in [4.78, 5) is 0.737. The van der Waals surface area contributed by atoms with E-state index in [0.29, 0.717) is 0 Å². The highest BCUT2D eigenvalue weighted by Crippen LogP contribution is 2.38. The molecule has 2 rings (SSSR count). The zero-order chi connectivity index (χ0) is 13.0. The van der Waals surface area contributed by atoms with Gasteiger partial charge in [0.1, 0.15) is 0 Å². The Hall–Kier alpha value is -1.42. The Morgan fingerprint density at radius 1 is 1.33 bits per heavy atom. The third kappa shape index (κ3) is 2.01. The van der Waals surface area contributed by atoms with Crippen LogP contribution < -0.4 is 5.32 Å². The molecule has 1 atom stereocenters. The molecule has 1 unspecified atom stereocenters. The van der Waals surface area contributed by atoms with Gasteiger partial charge in [0.05, 0.1) is 16.1 Å². The van der Waals surface area contributed by atoms with Crippen LogP contribution in [-0.2, 0) is 5.41 Å². The number of nitrogens with zero attached hydrogens (tertiary/aromatic N) is 1. The lowest BCUT2D eigenvalue weighted by atomic mass is 9.67. The molecule has 0 aromatic heterocycles. The number of hydrogen-bond donors (Lipinski definition) is 2. The van der Waals surface area contributed by atoms with Gasteiger partial charge in [-0.25, -0.2) is 0 Å². The Labute approximate surface area is 113 Å². The van der Waals surface area contributed by atoms with Crippen LogP contribution in [0.4, 0.5) is 0 Å². The van der Waals surface area contributed by atoms with E-state index < -0.39 is 5.41 Å². The Morgan fingerprint density at radius 2 is 2.06 bits per heavy atom. The minimum Gasteiger partial charge on any atom is -0.411 e. The Balaban J connectivity index is 2.56. The zero-order valence-electron chi connectivity index (χ0n) is 10.5. The summed E-state index contributed by atoms with van der Waals surface area (Å²) in [5.41, 5.74) is 1.45. The summed E-state index contributed by atoms with van der Waals surface area (Å²) in [5, 5.41) is 15.9. The first-order valence-electron chi connectivity index (χ1n) is 6.25. The minimum atomic E-state index is -0.432. The van der Waals surface area contributed by atoms with Crippen molar-refractivity contribution in [3.8, 4) is 0 Å². The molecule has 0 spiro atoms. The van der Waals surface area contributed by atoms with Crippen LogP contribution in [0.2, 0.25) is 0 Å². The molecule has 0 bridgehead atoms. The lowest BCUT2D eigenvalue weighted by Gasteiger charge is -2.38. The lowest BCUT2D eigenvalue weighted by molar-refractivity contribution is 0.310. The SMILES string of the molecule is CNC(=S)C1(c2ccccc2)CCCC/C1=N/O. The highest BCUT2D eigenvalue weighted by atomic mass is 32.1. The predicted molar refractivity (Wildman–Crippen MR) is 77.5 cm³/mol. The van der Waals surface area contributed by atoms with E-state index >= 15 is 0 Å². The fourth-order valence-corrected chi connectivity index (χ4v) is 3.14. The molecule has 1 aromatic rings. The molecule has 0 radical (unpaired) electrons. The third-order valence-electron chi connectivity index (χ3n) is 3.71. The number of thiocarbonyl (C=S) groups is 1. The molecule has 1 fully saturated rings. The predicted octanol–water partition coefficient (Wildman–Crippen LogP) is 2.88. The molecule has 1 aromatic carbocycles. The van der Waals surface area contributed by atoms with E-state index in [2.05, 4.69) is 22.6 Å². The Bertz CT molecular complexity index is 458. The highest BCUT2D eigenvalue weighted by Gasteiger charge is 2.43. The average molecular weight is 262 g/mol. The summed E-state index contributed by atoms with van der Waals surface area (Å²) in [5.74, 6) is 0. The van der Waals surface area contributed by atoms with Crippen molar-refractivity contribution in [2.45, 2.75) is 31.1 Å². The zero-order valence-corrected chi connectivity index (χ0v) is 11.3. The van der Waals surface area contributed by atoms with E-state index in [1.807, 2.05) is 25.2 Å². The van der Waals surface area contributed by atoms with Crippen LogP contribution in [0, 0.1) is 0 Å². The fraction of sp³-hybridized carbons (Fsp3) is 0.429. The van der Waals surface area contributed by atoms with Gasteiger partial charge in [0.25, 0.3) is 0 Å². The van der Waals surface area contributed by atoms with Crippen LogP contribution >= 0.6 is 12.2 Å². The van der Waals surface area contributed by atoms with Crippen molar-refractivity contribution in [2.24, 2.45) is 5.16 Å². The molecule has 1 saturated carbocycles. The number of benzene rings is 1. The second-order valence-electron chi connectivity index (χ2n) is 4.60. The summed E-state index contributed by atoms with van der Waals surface area (Å²) in [7, 11) is 1.83. The summed E-state index contributed by atoms with van der Waals surface area (Å²) in [6, 6.07) is 10.1. The quantitative estimate of drug-likeness (QED) is 0.489. The summed E-state index contributed by atoms with van der Waals surface area (Å²) in [6.07, 6.45) is 3.85. The van der Waals surface area contributed by atoms with E-state index in [9.17, 15) is 5.21 Å². The number of nitrogens with one attached hydrogen (secondary N) is 1. The van der Waals surface area contributed by atoms with Gasteiger partial charge in [-0.3, -0.25) is 0 Å². The first kappa shape index (κ1) is 13.0. The lowest BCUT2D eigenvalue weighted by Crippen LogP contribution is -2.49. The normalized spacial score (nSPS) is 25.9. The monoisotopic (exact) mass is 262 g/mol. The fourth-order valence-electron chi connectivity index (χ4n) is 2.80. The molecule has 3 nitrogen and oxygen atoms in total. The Kier molecular flexibility index (Phi) is 3.97. The standard InChI is InChI=1S/C14H18N2OS/c1-15-13(18)14(11-7-3-2-4-8-11)10-6-5-9-12(14)16-17/h2-4,7-8,17H,5-6,9-10H2,1H3,(H,15,18)/b16-12-. The molecule has 0 aliphatic heterocycles. The summed E-state index contributed by atoms with van der Waals surface area (Å²) < 4.78 is 0. The van der Waals surface area contributed by atoms with Crippen molar-refractivity contribution in [3.63, 3.8) is 0 Å². The van der Waals surface area contributed by atoms with Gasteiger partial charge in [-0.15, -0.1) is 0 Å². The van der Waals surface area contributed by atoms with E-state index in [1.54, 1.807) is 0 Å².